The Kier molecular flexibility index (Phi) is 2.92. The van der Waals surface area contributed by atoms with Gasteiger partial charge in [-0.05, 0) is 12.1 Å². The largest absolute Gasteiger partial charge is 0.421 e. The predicted molar refractivity (Wildman–Crippen MR) is 61.8 cm³/mol. The molecule has 0 bridgehead atoms. The number of halogens is 1. The second kappa shape index (κ2) is 4.37. The number of anilines is 1. The summed E-state index contributed by atoms with van der Waals surface area (Å²) in [5.41, 5.74) is -0.00195. The van der Waals surface area contributed by atoms with E-state index < -0.39 is 11.5 Å². The van der Waals surface area contributed by atoms with Crippen molar-refractivity contribution in [1.29, 1.82) is 0 Å². The maximum absolute atomic E-state index is 11.5. The van der Waals surface area contributed by atoms with E-state index in [4.69, 9.17) is 16.0 Å². The van der Waals surface area contributed by atoms with Gasteiger partial charge in [-0.2, -0.15) is 0 Å². The van der Waals surface area contributed by atoms with Crippen LogP contribution in [0.5, 0.6) is 0 Å². The minimum atomic E-state index is -0.586. The van der Waals surface area contributed by atoms with E-state index in [0.29, 0.717) is 5.58 Å². The number of para-hydroxylation sites is 1. The van der Waals surface area contributed by atoms with E-state index >= 15 is 0 Å². The maximum atomic E-state index is 11.5. The molecule has 16 heavy (non-hydrogen) atoms. The van der Waals surface area contributed by atoms with Gasteiger partial charge in [-0.25, -0.2) is 4.79 Å². The zero-order valence-corrected chi connectivity index (χ0v) is 8.95. The first-order valence-electron chi connectivity index (χ1n) is 4.59. The average molecular weight is 238 g/mol. The summed E-state index contributed by atoms with van der Waals surface area (Å²) in [6, 6.07) is 8.61. The van der Waals surface area contributed by atoms with Crippen LogP contribution in [0.15, 0.2) is 39.5 Å². The highest BCUT2D eigenvalue weighted by Crippen LogP contribution is 2.14. The molecule has 1 amide bonds. The van der Waals surface area contributed by atoms with Crippen LogP contribution in [0, 0.1) is 0 Å². The predicted octanol–water partition coefficient (Wildman–Crippen LogP) is 1.97. The second-order valence-corrected chi connectivity index (χ2v) is 3.43. The highest BCUT2D eigenvalue weighted by Gasteiger charge is 2.07. The summed E-state index contributed by atoms with van der Waals surface area (Å²) in [6.45, 7) is 0. The van der Waals surface area contributed by atoms with Crippen LogP contribution < -0.4 is 10.9 Å². The van der Waals surface area contributed by atoms with Crippen LogP contribution in [0.25, 0.3) is 11.0 Å². The Bertz CT molecular complexity index is 591. The lowest BCUT2D eigenvalue weighted by atomic mass is 10.2. The van der Waals surface area contributed by atoms with Crippen molar-refractivity contribution in [3.63, 3.8) is 0 Å². The molecule has 82 valence electrons. The molecule has 1 aromatic heterocycles. The molecule has 2 rings (SSSR count). The summed E-state index contributed by atoms with van der Waals surface area (Å²) in [5, 5.41) is 3.12. The molecule has 0 saturated carbocycles. The van der Waals surface area contributed by atoms with Gasteiger partial charge in [0.15, 0.2) is 0 Å². The van der Waals surface area contributed by atoms with E-state index in [1.807, 2.05) is 6.07 Å². The van der Waals surface area contributed by atoms with Gasteiger partial charge >= 0.3 is 5.63 Å². The standard InChI is InChI=1S/C11H8ClNO3/c12-6-10(14)13-8-5-7-3-1-2-4-9(7)16-11(8)15/h1-5H,6H2,(H,13,14). The van der Waals surface area contributed by atoms with Crippen LogP contribution in [0.1, 0.15) is 0 Å². The molecule has 5 heteroatoms. The highest BCUT2D eigenvalue weighted by atomic mass is 35.5. The minimum Gasteiger partial charge on any atom is -0.421 e. The molecule has 0 atom stereocenters. The molecule has 0 unspecified atom stereocenters. The molecule has 1 N–H and O–H groups in total. The number of alkyl halides is 1. The minimum absolute atomic E-state index is 0.101. The average Bonchev–Trinajstić information content (AvgIpc) is 2.30. The van der Waals surface area contributed by atoms with E-state index in [-0.39, 0.29) is 11.6 Å². The van der Waals surface area contributed by atoms with E-state index in [1.165, 1.54) is 0 Å². The number of hydrogen-bond donors (Lipinski definition) is 1. The van der Waals surface area contributed by atoms with Crippen molar-refractivity contribution in [2.45, 2.75) is 0 Å². The fourth-order valence-electron chi connectivity index (χ4n) is 1.33. The van der Waals surface area contributed by atoms with Crippen LogP contribution in [0.4, 0.5) is 5.69 Å². The van der Waals surface area contributed by atoms with E-state index in [1.54, 1.807) is 24.3 Å². The molecular weight excluding hydrogens is 230 g/mol. The first kappa shape index (κ1) is 10.7. The number of nitrogens with one attached hydrogen (secondary N) is 1. The Balaban J connectivity index is 2.50. The van der Waals surface area contributed by atoms with E-state index in [2.05, 4.69) is 5.32 Å². The molecule has 1 aromatic carbocycles. The third kappa shape index (κ3) is 2.06. The molecule has 4 nitrogen and oxygen atoms in total. The molecule has 0 spiro atoms. The summed E-state index contributed by atoms with van der Waals surface area (Å²) in [4.78, 5) is 22.5. The van der Waals surface area contributed by atoms with Gasteiger partial charge in [-0.3, -0.25) is 4.79 Å². The SMILES string of the molecule is O=C(CCl)Nc1cc2ccccc2oc1=O. The van der Waals surface area contributed by atoms with Crippen LogP contribution >= 0.6 is 11.6 Å². The molecule has 0 aliphatic carbocycles. The normalized spacial score (nSPS) is 10.3. The van der Waals surface area contributed by atoms with Crippen molar-refractivity contribution in [3.05, 3.63) is 40.8 Å². The van der Waals surface area contributed by atoms with Gasteiger partial charge in [0, 0.05) is 5.39 Å². The van der Waals surface area contributed by atoms with E-state index in [0.717, 1.165) is 5.39 Å². The molecule has 0 radical (unpaired) electrons. The number of carbonyl (C=O) groups excluding carboxylic acids is 1. The first-order chi connectivity index (χ1) is 7.70. The van der Waals surface area contributed by atoms with Gasteiger partial charge in [0.05, 0.1) is 0 Å². The fourth-order valence-corrected chi connectivity index (χ4v) is 1.40. The summed E-state index contributed by atoms with van der Waals surface area (Å²) >= 11 is 5.33. The first-order valence-corrected chi connectivity index (χ1v) is 5.13. The molecule has 0 saturated heterocycles. The van der Waals surface area contributed by atoms with Crippen LogP contribution in [0.3, 0.4) is 0 Å². The Labute approximate surface area is 95.8 Å². The Morgan fingerprint density at radius 2 is 2.12 bits per heavy atom. The number of amides is 1. The Morgan fingerprint density at radius 3 is 2.88 bits per heavy atom. The number of rotatable bonds is 2. The van der Waals surface area contributed by atoms with Gasteiger partial charge in [0.25, 0.3) is 0 Å². The zero-order chi connectivity index (χ0) is 11.5. The topological polar surface area (TPSA) is 59.3 Å². The smallest absolute Gasteiger partial charge is 0.360 e. The number of hydrogen-bond acceptors (Lipinski definition) is 3. The zero-order valence-electron chi connectivity index (χ0n) is 8.20. The van der Waals surface area contributed by atoms with Crippen molar-refractivity contribution in [2.24, 2.45) is 0 Å². The van der Waals surface area contributed by atoms with E-state index in [9.17, 15) is 9.59 Å². The molecule has 0 fully saturated rings. The third-order valence-corrected chi connectivity index (χ3v) is 2.28. The van der Waals surface area contributed by atoms with Crippen molar-refractivity contribution in [2.75, 3.05) is 11.2 Å². The van der Waals surface area contributed by atoms with Crippen molar-refractivity contribution in [1.82, 2.24) is 0 Å². The third-order valence-electron chi connectivity index (χ3n) is 2.04. The lowest BCUT2D eigenvalue weighted by molar-refractivity contribution is -0.113. The molecule has 1 heterocycles. The maximum Gasteiger partial charge on any atom is 0.360 e. The van der Waals surface area contributed by atoms with Crippen molar-refractivity contribution >= 4 is 34.2 Å². The molecule has 2 aromatic rings. The van der Waals surface area contributed by atoms with Gasteiger partial charge in [0.2, 0.25) is 5.91 Å². The second-order valence-electron chi connectivity index (χ2n) is 3.17. The lowest BCUT2D eigenvalue weighted by Crippen LogP contribution is -2.18. The summed E-state index contributed by atoms with van der Waals surface area (Å²) < 4.78 is 5.02. The summed E-state index contributed by atoms with van der Waals surface area (Å²) in [7, 11) is 0. The summed E-state index contributed by atoms with van der Waals surface area (Å²) in [6.07, 6.45) is 0. The quantitative estimate of drug-likeness (QED) is 0.642. The van der Waals surface area contributed by atoms with Gasteiger partial charge in [-0.15, -0.1) is 11.6 Å². The molecular formula is C11H8ClNO3. The van der Waals surface area contributed by atoms with Crippen LogP contribution in [-0.4, -0.2) is 11.8 Å². The van der Waals surface area contributed by atoms with Crippen molar-refractivity contribution in [3.8, 4) is 0 Å². The number of benzene rings is 1. The summed E-state index contributed by atoms with van der Waals surface area (Å²) in [5.74, 6) is -0.643. The molecule has 0 aliphatic heterocycles. The van der Waals surface area contributed by atoms with Gasteiger partial charge in [0.1, 0.15) is 17.2 Å². The highest BCUT2D eigenvalue weighted by molar-refractivity contribution is 6.29. The number of fused-ring (bicyclic) bond motifs is 1. The van der Waals surface area contributed by atoms with Gasteiger partial charge < -0.3 is 9.73 Å². The monoisotopic (exact) mass is 237 g/mol. The van der Waals surface area contributed by atoms with Crippen LogP contribution in [-0.2, 0) is 4.79 Å². The van der Waals surface area contributed by atoms with Crippen LogP contribution in [0.2, 0.25) is 0 Å². The fraction of sp³-hybridized carbons (Fsp3) is 0.0909. The lowest BCUT2D eigenvalue weighted by Gasteiger charge is -2.02. The van der Waals surface area contributed by atoms with Crippen molar-refractivity contribution < 1.29 is 9.21 Å². The molecule has 0 aliphatic rings. The Hall–Kier alpha value is -1.81. The van der Waals surface area contributed by atoms with Gasteiger partial charge in [-0.1, -0.05) is 18.2 Å². The Morgan fingerprint density at radius 1 is 1.38 bits per heavy atom. The number of carbonyl (C=O) groups is 1.